The standard InChI is InChI=1S/C20H20N2O5/c1-2-27-14-9-7-13(8-10-14)19(24)21-11-18(23)22-12-16(20(25)26)15-5-3-4-6-17(15)22/h3-10,16H,2,11-12H2,1H3,(H,21,24)(H,25,26). The lowest BCUT2D eigenvalue weighted by atomic mass is 10.0. The zero-order valence-corrected chi connectivity index (χ0v) is 14.8. The van der Waals surface area contributed by atoms with Gasteiger partial charge in [-0.15, -0.1) is 0 Å². The van der Waals surface area contributed by atoms with Crippen molar-refractivity contribution in [1.82, 2.24) is 5.32 Å². The average molecular weight is 368 g/mol. The van der Waals surface area contributed by atoms with Gasteiger partial charge in [0.15, 0.2) is 0 Å². The van der Waals surface area contributed by atoms with Crippen LogP contribution in [0.1, 0.15) is 28.8 Å². The summed E-state index contributed by atoms with van der Waals surface area (Å²) in [6.07, 6.45) is 0. The van der Waals surface area contributed by atoms with Crippen molar-refractivity contribution in [3.63, 3.8) is 0 Å². The van der Waals surface area contributed by atoms with Gasteiger partial charge in [-0.25, -0.2) is 0 Å². The van der Waals surface area contributed by atoms with E-state index in [2.05, 4.69) is 5.32 Å². The van der Waals surface area contributed by atoms with Crippen LogP contribution < -0.4 is 15.0 Å². The molecule has 1 aliphatic heterocycles. The Morgan fingerprint density at radius 3 is 2.52 bits per heavy atom. The molecule has 140 valence electrons. The molecule has 1 aliphatic rings. The van der Waals surface area contributed by atoms with Crippen molar-refractivity contribution in [3.8, 4) is 5.75 Å². The molecular weight excluding hydrogens is 348 g/mol. The van der Waals surface area contributed by atoms with E-state index in [0.717, 1.165) is 0 Å². The van der Waals surface area contributed by atoms with Gasteiger partial charge < -0.3 is 20.1 Å². The molecular formula is C20H20N2O5. The fourth-order valence-corrected chi connectivity index (χ4v) is 3.08. The Morgan fingerprint density at radius 1 is 1.15 bits per heavy atom. The highest BCUT2D eigenvalue weighted by Crippen LogP contribution is 2.36. The van der Waals surface area contributed by atoms with Crippen molar-refractivity contribution < 1.29 is 24.2 Å². The van der Waals surface area contributed by atoms with Gasteiger partial charge in [-0.2, -0.15) is 0 Å². The molecule has 0 radical (unpaired) electrons. The van der Waals surface area contributed by atoms with Gasteiger partial charge in [-0.05, 0) is 42.8 Å². The highest BCUT2D eigenvalue weighted by molar-refractivity contribution is 6.03. The van der Waals surface area contributed by atoms with E-state index in [1.54, 1.807) is 48.5 Å². The quantitative estimate of drug-likeness (QED) is 0.813. The molecule has 2 amide bonds. The van der Waals surface area contributed by atoms with Crippen LogP contribution in [0.25, 0.3) is 0 Å². The lowest BCUT2D eigenvalue weighted by Gasteiger charge is -2.17. The molecule has 7 nitrogen and oxygen atoms in total. The fourth-order valence-electron chi connectivity index (χ4n) is 3.08. The largest absolute Gasteiger partial charge is 0.494 e. The zero-order chi connectivity index (χ0) is 19.4. The fraction of sp³-hybridized carbons (Fsp3) is 0.250. The minimum Gasteiger partial charge on any atom is -0.494 e. The summed E-state index contributed by atoms with van der Waals surface area (Å²) in [5, 5.41) is 12.0. The highest BCUT2D eigenvalue weighted by atomic mass is 16.5. The summed E-state index contributed by atoms with van der Waals surface area (Å²) in [7, 11) is 0. The Labute approximate surface area is 156 Å². The minimum absolute atomic E-state index is 0.0619. The van der Waals surface area contributed by atoms with Crippen LogP contribution >= 0.6 is 0 Å². The molecule has 2 N–H and O–H groups in total. The van der Waals surface area contributed by atoms with E-state index in [1.807, 2.05) is 6.92 Å². The second kappa shape index (κ2) is 7.90. The van der Waals surface area contributed by atoms with Gasteiger partial charge in [0, 0.05) is 17.8 Å². The molecule has 7 heteroatoms. The van der Waals surface area contributed by atoms with Gasteiger partial charge >= 0.3 is 5.97 Å². The van der Waals surface area contributed by atoms with Gasteiger partial charge in [-0.1, -0.05) is 18.2 Å². The molecule has 2 aromatic carbocycles. The number of hydrogen-bond donors (Lipinski definition) is 2. The summed E-state index contributed by atoms with van der Waals surface area (Å²) >= 11 is 0. The monoisotopic (exact) mass is 368 g/mol. The Hall–Kier alpha value is -3.35. The van der Waals surface area contributed by atoms with Crippen molar-refractivity contribution in [2.45, 2.75) is 12.8 Å². The number of rotatable bonds is 6. The molecule has 0 bridgehead atoms. The number of amides is 2. The third-order valence-corrected chi connectivity index (χ3v) is 4.39. The van der Waals surface area contributed by atoms with Gasteiger partial charge in [-0.3, -0.25) is 14.4 Å². The van der Waals surface area contributed by atoms with E-state index in [-0.39, 0.29) is 24.9 Å². The number of nitrogens with one attached hydrogen (secondary N) is 1. The number of carboxylic acid groups (broad SMARTS) is 1. The maximum atomic E-state index is 12.5. The van der Waals surface area contributed by atoms with E-state index >= 15 is 0 Å². The molecule has 1 atom stereocenters. The number of nitrogens with zero attached hydrogens (tertiary/aromatic N) is 1. The predicted octanol–water partition coefficient (Wildman–Crippen LogP) is 2.03. The topological polar surface area (TPSA) is 95.9 Å². The van der Waals surface area contributed by atoms with Crippen LogP contribution in [-0.4, -0.2) is 42.6 Å². The first-order chi connectivity index (χ1) is 13.0. The molecule has 0 aromatic heterocycles. The van der Waals surface area contributed by atoms with Crippen LogP contribution in [-0.2, 0) is 9.59 Å². The first-order valence-electron chi connectivity index (χ1n) is 8.64. The first kappa shape index (κ1) is 18.4. The van der Waals surface area contributed by atoms with E-state index < -0.39 is 11.9 Å². The van der Waals surface area contributed by atoms with E-state index in [9.17, 15) is 19.5 Å². The summed E-state index contributed by atoms with van der Waals surface area (Å²) in [5.74, 6) is -1.80. The number of carboxylic acids is 1. The Bertz CT molecular complexity index is 863. The van der Waals surface area contributed by atoms with Crippen molar-refractivity contribution in [1.29, 1.82) is 0 Å². The molecule has 0 aliphatic carbocycles. The molecule has 1 unspecified atom stereocenters. The summed E-state index contributed by atoms with van der Waals surface area (Å²) in [6.45, 7) is 2.26. The number of aliphatic carboxylic acids is 1. The predicted molar refractivity (Wildman–Crippen MR) is 99.1 cm³/mol. The average Bonchev–Trinajstić information content (AvgIpc) is 3.07. The van der Waals surface area contributed by atoms with E-state index in [4.69, 9.17) is 4.74 Å². The normalized spacial score (nSPS) is 15.1. The Balaban J connectivity index is 1.64. The number of para-hydroxylation sites is 1. The summed E-state index contributed by atoms with van der Waals surface area (Å²) < 4.78 is 5.33. The maximum Gasteiger partial charge on any atom is 0.312 e. The second-order valence-electron chi connectivity index (χ2n) is 6.09. The lowest BCUT2D eigenvalue weighted by molar-refractivity contribution is -0.138. The van der Waals surface area contributed by atoms with Gasteiger partial charge in [0.2, 0.25) is 5.91 Å². The third-order valence-electron chi connectivity index (χ3n) is 4.39. The van der Waals surface area contributed by atoms with Crippen LogP contribution in [0, 0.1) is 0 Å². The lowest BCUT2D eigenvalue weighted by Crippen LogP contribution is -2.40. The van der Waals surface area contributed by atoms with Crippen LogP contribution in [0.15, 0.2) is 48.5 Å². The Morgan fingerprint density at radius 2 is 1.85 bits per heavy atom. The summed E-state index contributed by atoms with van der Waals surface area (Å²) in [6, 6.07) is 13.5. The van der Waals surface area contributed by atoms with E-state index in [1.165, 1.54) is 4.90 Å². The zero-order valence-electron chi connectivity index (χ0n) is 14.8. The van der Waals surface area contributed by atoms with Crippen LogP contribution in [0.3, 0.4) is 0 Å². The van der Waals surface area contributed by atoms with Crippen LogP contribution in [0.2, 0.25) is 0 Å². The highest BCUT2D eigenvalue weighted by Gasteiger charge is 2.36. The maximum absolute atomic E-state index is 12.5. The molecule has 2 aromatic rings. The number of hydrogen-bond acceptors (Lipinski definition) is 4. The van der Waals surface area contributed by atoms with Crippen molar-refractivity contribution in [2.75, 3.05) is 24.6 Å². The first-order valence-corrected chi connectivity index (χ1v) is 8.64. The third kappa shape index (κ3) is 3.92. The number of ether oxygens (including phenoxy) is 1. The molecule has 0 saturated heterocycles. The van der Waals surface area contributed by atoms with Gasteiger partial charge in [0.05, 0.1) is 13.2 Å². The number of anilines is 1. The molecule has 1 heterocycles. The van der Waals surface area contributed by atoms with Gasteiger partial charge in [0.25, 0.3) is 5.91 Å². The van der Waals surface area contributed by atoms with E-state index in [0.29, 0.717) is 29.2 Å². The minimum atomic E-state index is -0.976. The molecule has 0 saturated carbocycles. The number of benzene rings is 2. The molecule has 27 heavy (non-hydrogen) atoms. The summed E-state index contributed by atoms with van der Waals surface area (Å²) in [4.78, 5) is 37.6. The smallest absolute Gasteiger partial charge is 0.312 e. The summed E-state index contributed by atoms with van der Waals surface area (Å²) in [5.41, 5.74) is 1.60. The Kier molecular flexibility index (Phi) is 5.40. The van der Waals surface area contributed by atoms with Gasteiger partial charge in [0.1, 0.15) is 11.7 Å². The van der Waals surface area contributed by atoms with Crippen LogP contribution in [0.5, 0.6) is 5.75 Å². The van der Waals surface area contributed by atoms with Crippen molar-refractivity contribution in [3.05, 3.63) is 59.7 Å². The SMILES string of the molecule is CCOc1ccc(C(=O)NCC(=O)N2CC(C(=O)O)c3ccccc32)cc1. The number of carbonyl (C=O) groups excluding carboxylic acids is 2. The van der Waals surface area contributed by atoms with Crippen molar-refractivity contribution >= 4 is 23.5 Å². The molecule has 3 rings (SSSR count). The molecule has 0 fully saturated rings. The van der Waals surface area contributed by atoms with Crippen LogP contribution in [0.4, 0.5) is 5.69 Å². The molecule has 0 spiro atoms. The van der Waals surface area contributed by atoms with Crippen molar-refractivity contribution in [2.24, 2.45) is 0 Å². The number of fused-ring (bicyclic) bond motifs is 1. The second-order valence-corrected chi connectivity index (χ2v) is 6.09. The number of carbonyl (C=O) groups is 3.